The van der Waals surface area contributed by atoms with Crippen LogP contribution in [0.15, 0.2) is 18.2 Å². The van der Waals surface area contributed by atoms with E-state index >= 15 is 0 Å². The maximum absolute atomic E-state index is 13.3. The smallest absolute Gasteiger partial charge is 0.329 e. The van der Waals surface area contributed by atoms with Crippen LogP contribution in [0.25, 0.3) is 0 Å². The summed E-state index contributed by atoms with van der Waals surface area (Å²) in [6.07, 6.45) is 0. The molecule has 0 aliphatic rings. The number of rotatable bonds is 6. The molecule has 0 saturated heterocycles. The number of ether oxygens (including phenoxy) is 1. The van der Waals surface area contributed by atoms with Gasteiger partial charge in [0.15, 0.2) is 0 Å². The van der Waals surface area contributed by atoms with E-state index in [1.54, 1.807) is 0 Å². The summed E-state index contributed by atoms with van der Waals surface area (Å²) in [4.78, 5) is 32.6. The van der Waals surface area contributed by atoms with Crippen molar-refractivity contribution in [1.82, 2.24) is 10.6 Å². The fraction of sp³-hybridized carbons (Fsp3) is 0.250. The highest BCUT2D eigenvalue weighted by molar-refractivity contribution is 5.94. The Bertz CT molecular complexity index is 550. The molecule has 21 heavy (non-hydrogen) atoms. The van der Waals surface area contributed by atoms with Gasteiger partial charge in [-0.1, -0.05) is 6.07 Å². The Hall–Kier alpha value is -2.55. The first-order valence-corrected chi connectivity index (χ1v) is 5.69. The number of nitrogens with one attached hydrogen (secondary N) is 2. The maximum Gasteiger partial charge on any atom is 0.329 e. The third-order valence-corrected chi connectivity index (χ3v) is 2.17. The third kappa shape index (κ3) is 6.43. The van der Waals surface area contributed by atoms with Crippen LogP contribution in [-0.2, 0) is 20.9 Å². The predicted molar refractivity (Wildman–Crippen MR) is 65.2 cm³/mol. The van der Waals surface area contributed by atoms with Crippen LogP contribution in [0, 0.1) is 11.6 Å². The number of hydrogen-bond donors (Lipinski definition) is 3. The lowest BCUT2D eigenvalue weighted by molar-refractivity contribution is -0.143. The lowest BCUT2D eigenvalue weighted by Crippen LogP contribution is -2.41. The quantitative estimate of drug-likeness (QED) is 0.705. The molecule has 0 fully saturated rings. The Labute approximate surface area is 117 Å². The van der Waals surface area contributed by atoms with Gasteiger partial charge >= 0.3 is 12.0 Å². The summed E-state index contributed by atoms with van der Waals surface area (Å²) in [6.45, 7) is -1.53. The SMILES string of the molecule is O=C(O)COCC(=O)NC(=O)NCc1ccc(F)cc1F. The fourth-order valence-corrected chi connectivity index (χ4v) is 1.28. The first-order chi connectivity index (χ1) is 9.88. The lowest BCUT2D eigenvalue weighted by atomic mass is 10.2. The van der Waals surface area contributed by atoms with Gasteiger partial charge in [0.05, 0.1) is 0 Å². The molecule has 0 bridgehead atoms. The summed E-state index contributed by atoms with van der Waals surface area (Å²) in [6, 6.07) is 1.94. The Morgan fingerprint density at radius 1 is 1.19 bits per heavy atom. The van der Waals surface area contributed by atoms with E-state index in [4.69, 9.17) is 5.11 Å². The Morgan fingerprint density at radius 2 is 1.90 bits per heavy atom. The third-order valence-electron chi connectivity index (χ3n) is 2.17. The van der Waals surface area contributed by atoms with E-state index in [2.05, 4.69) is 10.1 Å². The average molecular weight is 302 g/mol. The van der Waals surface area contributed by atoms with Crippen LogP contribution in [0.3, 0.4) is 0 Å². The van der Waals surface area contributed by atoms with Gasteiger partial charge in [-0.3, -0.25) is 10.1 Å². The van der Waals surface area contributed by atoms with Crippen LogP contribution in [-0.4, -0.2) is 36.2 Å². The minimum Gasteiger partial charge on any atom is -0.480 e. The maximum atomic E-state index is 13.3. The van der Waals surface area contributed by atoms with Gasteiger partial charge in [0, 0.05) is 18.2 Å². The Balaban J connectivity index is 2.33. The van der Waals surface area contributed by atoms with Crippen LogP contribution < -0.4 is 10.6 Å². The van der Waals surface area contributed by atoms with Crippen LogP contribution in [0.4, 0.5) is 13.6 Å². The van der Waals surface area contributed by atoms with Gasteiger partial charge in [0.2, 0.25) is 0 Å². The molecule has 0 atom stereocenters. The Kier molecular flexibility index (Phi) is 6.21. The molecule has 0 aromatic heterocycles. The van der Waals surface area contributed by atoms with Crippen molar-refractivity contribution < 1.29 is 33.0 Å². The number of carboxylic acid groups (broad SMARTS) is 1. The van der Waals surface area contributed by atoms with Crippen molar-refractivity contribution in [3.63, 3.8) is 0 Å². The molecular formula is C12H12F2N2O5. The molecule has 1 rings (SSSR count). The van der Waals surface area contributed by atoms with Crippen LogP contribution in [0.5, 0.6) is 0 Å². The first kappa shape index (κ1) is 16.5. The number of halogens is 2. The molecule has 0 unspecified atom stereocenters. The largest absolute Gasteiger partial charge is 0.480 e. The van der Waals surface area contributed by atoms with Crippen molar-refractivity contribution in [3.05, 3.63) is 35.4 Å². The fourth-order valence-electron chi connectivity index (χ4n) is 1.28. The van der Waals surface area contributed by atoms with E-state index in [9.17, 15) is 23.2 Å². The summed E-state index contributed by atoms with van der Waals surface area (Å²) in [5, 5.41) is 12.3. The van der Waals surface area contributed by atoms with Gasteiger partial charge in [0.1, 0.15) is 24.8 Å². The van der Waals surface area contributed by atoms with Gasteiger partial charge in [-0.15, -0.1) is 0 Å². The normalized spacial score (nSPS) is 10.0. The summed E-state index contributed by atoms with van der Waals surface area (Å²) in [5.41, 5.74) is 0.0427. The molecule has 0 saturated carbocycles. The number of imide groups is 1. The number of benzene rings is 1. The van der Waals surface area contributed by atoms with Gasteiger partial charge in [-0.2, -0.15) is 0 Å². The van der Waals surface area contributed by atoms with Crippen molar-refractivity contribution in [2.24, 2.45) is 0 Å². The van der Waals surface area contributed by atoms with E-state index in [0.717, 1.165) is 12.1 Å². The zero-order valence-corrected chi connectivity index (χ0v) is 10.7. The van der Waals surface area contributed by atoms with Gasteiger partial charge in [0.25, 0.3) is 5.91 Å². The number of hydrogen-bond acceptors (Lipinski definition) is 4. The van der Waals surface area contributed by atoms with Crippen molar-refractivity contribution in [1.29, 1.82) is 0 Å². The predicted octanol–water partition coefficient (Wildman–Crippen LogP) is 0.392. The van der Waals surface area contributed by atoms with E-state index in [1.807, 2.05) is 5.32 Å². The summed E-state index contributed by atoms with van der Waals surface area (Å²) in [5.74, 6) is -3.68. The van der Waals surface area contributed by atoms with Crippen molar-refractivity contribution in [3.8, 4) is 0 Å². The zero-order valence-electron chi connectivity index (χ0n) is 10.7. The number of carboxylic acids is 1. The van der Waals surface area contributed by atoms with Crippen LogP contribution in [0.1, 0.15) is 5.56 Å². The minimum atomic E-state index is -1.25. The van der Waals surface area contributed by atoms with Gasteiger partial charge < -0.3 is 15.2 Å². The molecule has 7 nitrogen and oxygen atoms in total. The number of amides is 3. The lowest BCUT2D eigenvalue weighted by Gasteiger charge is -2.07. The molecule has 0 aliphatic carbocycles. The van der Waals surface area contributed by atoms with E-state index in [1.165, 1.54) is 0 Å². The number of carbonyl (C=O) groups is 3. The molecule has 0 heterocycles. The molecular weight excluding hydrogens is 290 g/mol. The minimum absolute atomic E-state index is 0.0427. The van der Waals surface area contributed by atoms with Crippen LogP contribution >= 0.6 is 0 Å². The monoisotopic (exact) mass is 302 g/mol. The van der Waals surface area contributed by atoms with E-state index < -0.39 is 42.8 Å². The van der Waals surface area contributed by atoms with Gasteiger partial charge in [-0.25, -0.2) is 18.4 Å². The van der Waals surface area contributed by atoms with Crippen molar-refractivity contribution >= 4 is 17.9 Å². The standard InChI is InChI=1S/C12H12F2N2O5/c13-8-2-1-7(9(14)3-8)4-15-12(20)16-10(17)5-21-6-11(18)19/h1-3H,4-6H2,(H,18,19)(H2,15,16,17,20). The molecule has 1 aromatic carbocycles. The molecule has 1 aromatic rings. The number of aliphatic carboxylic acids is 1. The van der Waals surface area contributed by atoms with E-state index in [0.29, 0.717) is 6.07 Å². The molecule has 3 N–H and O–H groups in total. The molecule has 0 spiro atoms. The average Bonchev–Trinajstić information content (AvgIpc) is 2.37. The molecule has 3 amide bonds. The summed E-state index contributed by atoms with van der Waals surface area (Å²) in [7, 11) is 0. The second kappa shape index (κ2) is 7.90. The number of carbonyl (C=O) groups excluding carboxylic acids is 2. The van der Waals surface area contributed by atoms with Crippen molar-refractivity contribution in [2.75, 3.05) is 13.2 Å². The second-order valence-electron chi connectivity index (χ2n) is 3.85. The molecule has 0 radical (unpaired) electrons. The van der Waals surface area contributed by atoms with E-state index in [-0.39, 0.29) is 12.1 Å². The highest BCUT2D eigenvalue weighted by Gasteiger charge is 2.10. The highest BCUT2D eigenvalue weighted by atomic mass is 19.1. The highest BCUT2D eigenvalue weighted by Crippen LogP contribution is 2.08. The second-order valence-corrected chi connectivity index (χ2v) is 3.85. The number of urea groups is 1. The molecule has 9 heteroatoms. The van der Waals surface area contributed by atoms with Crippen LogP contribution in [0.2, 0.25) is 0 Å². The topological polar surface area (TPSA) is 105 Å². The van der Waals surface area contributed by atoms with Gasteiger partial charge in [-0.05, 0) is 6.07 Å². The Morgan fingerprint density at radius 3 is 2.52 bits per heavy atom. The molecule has 0 aliphatic heterocycles. The van der Waals surface area contributed by atoms with Crippen molar-refractivity contribution in [2.45, 2.75) is 6.54 Å². The first-order valence-electron chi connectivity index (χ1n) is 5.69. The molecule has 114 valence electrons. The zero-order chi connectivity index (χ0) is 15.8. The summed E-state index contributed by atoms with van der Waals surface area (Å²) < 4.78 is 30.4. The summed E-state index contributed by atoms with van der Waals surface area (Å²) >= 11 is 0.